The van der Waals surface area contributed by atoms with Gasteiger partial charge in [0, 0.05) is 25.8 Å². The van der Waals surface area contributed by atoms with Gasteiger partial charge in [0.05, 0.1) is 0 Å². The molecular weight excluding hydrogens is 745 g/mol. The van der Waals surface area contributed by atoms with Crippen molar-refractivity contribution in [3.8, 4) is 0 Å². The maximum absolute atomic E-state index is 2.60. The Bertz CT molecular complexity index is 683. The Labute approximate surface area is 305 Å². The first-order valence-corrected chi connectivity index (χ1v) is 23.1. The van der Waals surface area contributed by atoms with Crippen LogP contribution in [0.15, 0.2) is 48.5 Å². The summed E-state index contributed by atoms with van der Waals surface area (Å²) in [7, 11) is 0.0839. The Hall–Kier alpha value is 0.430. The molecule has 0 aliphatic carbocycles. The van der Waals surface area contributed by atoms with E-state index in [1.807, 2.05) is 40.9 Å². The molecule has 0 amide bonds. The first-order chi connectivity index (χ1) is 21.8. The number of hydrogen-bond acceptors (Lipinski definition) is 0. The van der Waals surface area contributed by atoms with Gasteiger partial charge in [-0.15, -0.1) is 26.5 Å². The average molecular weight is 822 g/mol. The third-order valence-corrected chi connectivity index (χ3v) is 14.9. The van der Waals surface area contributed by atoms with Crippen LogP contribution in [0.2, 0.25) is 0 Å². The van der Waals surface area contributed by atoms with Crippen molar-refractivity contribution in [1.82, 2.24) is 0 Å². The minimum absolute atomic E-state index is 0. The van der Waals surface area contributed by atoms with Gasteiger partial charge in [-0.3, -0.25) is 0 Å². The summed E-state index contributed by atoms with van der Waals surface area (Å²) in [4.78, 5) is 0. The van der Waals surface area contributed by atoms with Gasteiger partial charge in [0.25, 0.3) is 0 Å². The molecule has 2 rings (SSSR count). The molecule has 0 fully saturated rings. The SMILES string of the molecule is CCCCCCCCP(CCCCCCCC)c1ccc[c-]1P(CCCCCCCC)CCCCCCCC.[Hf].[cH-]1[cH-][cH-][cH-][cH-]1. The van der Waals surface area contributed by atoms with E-state index in [1.54, 1.807) is 0 Å². The molecule has 0 N–H and O–H groups in total. The summed E-state index contributed by atoms with van der Waals surface area (Å²) in [5.74, 6) is 0. The molecule has 0 bridgehead atoms. The van der Waals surface area contributed by atoms with Crippen molar-refractivity contribution < 1.29 is 25.8 Å². The van der Waals surface area contributed by atoms with Gasteiger partial charge in [-0.1, -0.05) is 156 Å². The normalized spacial score (nSPS) is 11.2. The Kier molecular flexibility index (Phi) is 36.1. The largest absolute Gasteiger partial charge is 0.748 e. The topological polar surface area (TPSA) is 0 Å². The van der Waals surface area contributed by atoms with Gasteiger partial charge in [0.2, 0.25) is 0 Å². The Morgan fingerprint density at radius 2 is 0.756 bits per heavy atom. The number of rotatable bonds is 30. The van der Waals surface area contributed by atoms with Crippen LogP contribution in [0, 0.1) is 0 Å². The zero-order chi connectivity index (χ0) is 31.8. The summed E-state index contributed by atoms with van der Waals surface area (Å²) < 4.78 is 0. The second-order valence-electron chi connectivity index (χ2n) is 13.3. The average Bonchev–Trinajstić information content (AvgIpc) is 3.78. The molecule has 2 aromatic carbocycles. The summed E-state index contributed by atoms with van der Waals surface area (Å²) in [5.41, 5.74) is 0. The minimum Gasteiger partial charge on any atom is -0.748 e. The molecule has 0 radical (unpaired) electrons. The number of unbranched alkanes of at least 4 members (excludes halogenated alkanes) is 20. The summed E-state index contributed by atoms with van der Waals surface area (Å²) in [6, 6.07) is 17.7. The first-order valence-electron chi connectivity index (χ1n) is 19.7. The molecule has 3 heteroatoms. The molecule has 0 unspecified atom stereocenters. The van der Waals surface area contributed by atoms with E-state index >= 15 is 0 Å². The summed E-state index contributed by atoms with van der Waals surface area (Å²) >= 11 is 0. The molecule has 0 spiro atoms. The van der Waals surface area contributed by atoms with Gasteiger partial charge >= 0.3 is 0 Å². The van der Waals surface area contributed by atoms with Crippen LogP contribution in [0.4, 0.5) is 0 Å². The monoisotopic (exact) mass is 822 g/mol. The molecule has 0 atom stereocenters. The van der Waals surface area contributed by atoms with Gasteiger partial charge in [-0.25, -0.2) is 12.1 Å². The summed E-state index contributed by atoms with van der Waals surface area (Å²) in [6.45, 7) is 9.35. The van der Waals surface area contributed by atoms with Crippen LogP contribution in [-0.4, -0.2) is 24.6 Å². The van der Waals surface area contributed by atoms with Crippen molar-refractivity contribution in [1.29, 1.82) is 0 Å². The van der Waals surface area contributed by atoms with E-state index in [0.717, 1.165) is 0 Å². The van der Waals surface area contributed by atoms with Crippen LogP contribution in [0.25, 0.3) is 0 Å². The second-order valence-corrected chi connectivity index (χ2v) is 18.2. The van der Waals surface area contributed by atoms with E-state index in [0.29, 0.717) is 0 Å². The molecule has 264 valence electrons. The van der Waals surface area contributed by atoms with E-state index in [2.05, 4.69) is 45.9 Å². The first kappa shape index (κ1) is 45.4. The molecule has 0 nitrogen and oxygen atoms in total. The molecule has 0 heterocycles. The van der Waals surface area contributed by atoms with E-state index in [1.165, 1.54) is 179 Å². The summed E-state index contributed by atoms with van der Waals surface area (Å²) in [5, 5.41) is 3.74. The molecule has 2 aromatic rings. The molecule has 45 heavy (non-hydrogen) atoms. The van der Waals surface area contributed by atoms with E-state index < -0.39 is 0 Å². The van der Waals surface area contributed by atoms with Crippen molar-refractivity contribution in [2.45, 2.75) is 182 Å². The van der Waals surface area contributed by atoms with Gasteiger partial charge < -0.3 is 30.3 Å². The van der Waals surface area contributed by atoms with Crippen molar-refractivity contribution in [3.05, 3.63) is 48.5 Å². The van der Waals surface area contributed by atoms with Crippen molar-refractivity contribution in [2.75, 3.05) is 24.6 Å². The standard InChI is InChI=1S/C37H71P2.C5H5.Hf/c1-5-9-13-17-21-25-32-38(33-26-22-18-14-10-6-2)36-30-29-31-37(36)39(34-27-23-19-15-11-7-3)35-28-24-20-16-12-8-4;1-2-4-5-3-1;/h29-31H,5-28,32-35H2,1-4H3;1-5H;/q-1;-5;. The molecule has 0 aliphatic heterocycles. The minimum atomic E-state index is 0. The third kappa shape index (κ3) is 26.0. The van der Waals surface area contributed by atoms with Crippen LogP contribution in [0.5, 0.6) is 0 Å². The fourth-order valence-electron chi connectivity index (χ4n) is 6.29. The van der Waals surface area contributed by atoms with Gasteiger partial charge in [0.15, 0.2) is 0 Å². The number of hydrogen-bond donors (Lipinski definition) is 0. The van der Waals surface area contributed by atoms with E-state index in [9.17, 15) is 0 Å². The smallest absolute Gasteiger partial charge is 0 e. The van der Waals surface area contributed by atoms with Crippen LogP contribution >= 0.6 is 15.8 Å². The predicted molar refractivity (Wildman–Crippen MR) is 210 cm³/mol. The van der Waals surface area contributed by atoms with Gasteiger partial charge in [-0.2, -0.15) is 6.07 Å². The fraction of sp³-hybridized carbons (Fsp3) is 0.762. The Morgan fingerprint density at radius 3 is 1.11 bits per heavy atom. The molecule has 0 saturated heterocycles. The fourth-order valence-corrected chi connectivity index (χ4v) is 12.4. The second kappa shape index (κ2) is 35.7. The van der Waals surface area contributed by atoms with Gasteiger partial charge in [0.1, 0.15) is 0 Å². The maximum atomic E-state index is 2.60. The third-order valence-electron chi connectivity index (χ3n) is 9.13. The summed E-state index contributed by atoms with van der Waals surface area (Å²) in [6.07, 6.45) is 40.6. The molecule has 0 aromatic heterocycles. The van der Waals surface area contributed by atoms with Crippen molar-refractivity contribution in [2.24, 2.45) is 0 Å². The zero-order valence-corrected chi connectivity index (χ0v) is 36.2. The van der Waals surface area contributed by atoms with E-state index in [4.69, 9.17) is 0 Å². The zero-order valence-electron chi connectivity index (χ0n) is 30.8. The molecule has 0 saturated carbocycles. The molecule has 0 aliphatic rings. The van der Waals surface area contributed by atoms with E-state index in [-0.39, 0.29) is 41.7 Å². The van der Waals surface area contributed by atoms with Crippen LogP contribution in [0.3, 0.4) is 0 Å². The van der Waals surface area contributed by atoms with Crippen molar-refractivity contribution >= 4 is 26.5 Å². The van der Waals surface area contributed by atoms with Crippen LogP contribution < -0.4 is 10.6 Å². The maximum Gasteiger partial charge on any atom is 0 e. The van der Waals surface area contributed by atoms with Crippen LogP contribution in [0.1, 0.15) is 182 Å². The predicted octanol–water partition coefficient (Wildman–Crippen LogP) is 14.5. The van der Waals surface area contributed by atoms with Crippen molar-refractivity contribution in [3.63, 3.8) is 0 Å². The van der Waals surface area contributed by atoms with Gasteiger partial charge in [-0.05, 0) is 50.3 Å². The van der Waals surface area contributed by atoms with Crippen LogP contribution in [-0.2, 0) is 25.8 Å². The quantitative estimate of drug-likeness (QED) is 0.0319. The Balaban J connectivity index is 0.00000291. The molecular formula is C42H76HfP2-6. The Morgan fingerprint density at radius 1 is 0.444 bits per heavy atom.